The molecular formula is C18H19Cl2F3N6. The maximum absolute atomic E-state index is 14.7. The summed E-state index contributed by atoms with van der Waals surface area (Å²) in [5, 5.41) is 10.3. The van der Waals surface area contributed by atoms with Crippen molar-refractivity contribution in [2.24, 2.45) is 0 Å². The molecule has 0 spiro atoms. The van der Waals surface area contributed by atoms with Gasteiger partial charge in [-0.1, -0.05) is 17.7 Å². The van der Waals surface area contributed by atoms with Crippen LogP contribution < -0.4 is 5.32 Å². The molecule has 0 amide bonds. The number of aromatic amines is 1. The predicted molar refractivity (Wildman–Crippen MR) is 107 cm³/mol. The summed E-state index contributed by atoms with van der Waals surface area (Å²) < 4.78 is 43.3. The number of nitrogens with zero attached hydrogens (tertiary/aromatic N) is 4. The van der Waals surface area contributed by atoms with Gasteiger partial charge in [-0.2, -0.15) is 5.10 Å². The highest BCUT2D eigenvalue weighted by molar-refractivity contribution is 6.30. The molecular weight excluding hydrogens is 428 g/mol. The maximum Gasteiger partial charge on any atom is 0.280 e. The van der Waals surface area contributed by atoms with Crippen LogP contribution in [0, 0.1) is 5.82 Å². The van der Waals surface area contributed by atoms with Crippen LogP contribution in [0.5, 0.6) is 0 Å². The molecule has 0 aliphatic carbocycles. The van der Waals surface area contributed by atoms with E-state index in [1.165, 1.54) is 18.6 Å². The lowest BCUT2D eigenvalue weighted by molar-refractivity contribution is -0.0734. The van der Waals surface area contributed by atoms with Crippen LogP contribution in [0.3, 0.4) is 0 Å². The minimum Gasteiger partial charge on any atom is -0.360 e. The van der Waals surface area contributed by atoms with Crippen molar-refractivity contribution in [3.05, 3.63) is 47.1 Å². The van der Waals surface area contributed by atoms with Crippen molar-refractivity contribution in [1.82, 2.24) is 25.1 Å². The second kappa shape index (κ2) is 8.73. The van der Waals surface area contributed by atoms with Gasteiger partial charge in [-0.15, -0.1) is 12.4 Å². The number of nitrogens with one attached hydrogen (secondary N) is 2. The Kier molecular flexibility index (Phi) is 6.50. The minimum atomic E-state index is -2.96. The van der Waals surface area contributed by atoms with E-state index in [1.807, 2.05) is 0 Å². The molecule has 4 rings (SSSR count). The molecule has 0 unspecified atom stereocenters. The molecule has 2 N–H and O–H groups in total. The number of benzene rings is 1. The molecule has 0 saturated carbocycles. The number of hydrogen-bond donors (Lipinski definition) is 2. The molecule has 1 aliphatic heterocycles. The van der Waals surface area contributed by atoms with Crippen molar-refractivity contribution < 1.29 is 13.2 Å². The Bertz CT molecular complexity index is 983. The Hall–Kier alpha value is -2.10. The zero-order valence-electron chi connectivity index (χ0n) is 15.2. The second-order valence-corrected chi connectivity index (χ2v) is 7.30. The van der Waals surface area contributed by atoms with E-state index in [9.17, 15) is 13.2 Å². The monoisotopic (exact) mass is 446 g/mol. The largest absolute Gasteiger partial charge is 0.360 e. The summed E-state index contributed by atoms with van der Waals surface area (Å²) in [7, 11) is 0. The number of halogens is 5. The van der Waals surface area contributed by atoms with Crippen LogP contribution in [-0.4, -0.2) is 56.7 Å². The number of piperidine rings is 1. The van der Waals surface area contributed by atoms with Gasteiger partial charge in [0.1, 0.15) is 18.0 Å². The molecule has 29 heavy (non-hydrogen) atoms. The van der Waals surface area contributed by atoms with Crippen LogP contribution in [-0.2, 0) is 6.42 Å². The van der Waals surface area contributed by atoms with Crippen molar-refractivity contribution >= 4 is 40.9 Å². The molecule has 1 fully saturated rings. The molecule has 1 aromatic carbocycles. The summed E-state index contributed by atoms with van der Waals surface area (Å²) in [5.41, 5.74) is 0.958. The van der Waals surface area contributed by atoms with Gasteiger partial charge in [0, 0.05) is 18.1 Å². The molecule has 0 bridgehead atoms. The predicted octanol–water partition coefficient (Wildman–Crippen LogP) is 3.93. The first-order valence-corrected chi connectivity index (χ1v) is 9.25. The lowest BCUT2D eigenvalue weighted by atomic mass is 10.00. The van der Waals surface area contributed by atoms with E-state index in [1.54, 1.807) is 17.0 Å². The van der Waals surface area contributed by atoms with Gasteiger partial charge >= 0.3 is 0 Å². The SMILES string of the molecule is Cl.Fc1cc(Cl)ccc1CCN1CC[C@@H](Nc2ncnc3[nH]ncc23)C(F)(F)C1. The lowest BCUT2D eigenvalue weighted by Gasteiger charge is -2.38. The van der Waals surface area contributed by atoms with E-state index < -0.39 is 24.3 Å². The van der Waals surface area contributed by atoms with Crippen molar-refractivity contribution in [2.45, 2.75) is 24.8 Å². The molecule has 11 heteroatoms. The molecule has 3 aromatic rings. The molecule has 6 nitrogen and oxygen atoms in total. The van der Waals surface area contributed by atoms with Crippen LogP contribution >= 0.6 is 24.0 Å². The van der Waals surface area contributed by atoms with Gasteiger partial charge in [0.05, 0.1) is 24.2 Å². The van der Waals surface area contributed by atoms with Crippen LogP contribution in [0.1, 0.15) is 12.0 Å². The Morgan fingerprint density at radius 1 is 1.31 bits per heavy atom. The lowest BCUT2D eigenvalue weighted by Crippen LogP contribution is -2.54. The highest BCUT2D eigenvalue weighted by atomic mass is 35.5. The van der Waals surface area contributed by atoms with E-state index in [0.29, 0.717) is 46.9 Å². The molecule has 0 radical (unpaired) electrons. The average molecular weight is 447 g/mol. The first-order valence-electron chi connectivity index (χ1n) is 8.87. The van der Waals surface area contributed by atoms with Gasteiger partial charge in [-0.25, -0.2) is 23.1 Å². The third-order valence-corrected chi connectivity index (χ3v) is 5.18. The van der Waals surface area contributed by atoms with Crippen molar-refractivity contribution in [2.75, 3.05) is 25.0 Å². The average Bonchev–Trinajstić information content (AvgIpc) is 3.12. The van der Waals surface area contributed by atoms with E-state index in [0.717, 1.165) is 0 Å². The third kappa shape index (κ3) is 4.73. The fourth-order valence-electron chi connectivity index (χ4n) is 3.43. The number of aromatic nitrogens is 4. The molecule has 3 heterocycles. The molecule has 1 aliphatic rings. The topological polar surface area (TPSA) is 69.7 Å². The zero-order chi connectivity index (χ0) is 19.7. The second-order valence-electron chi connectivity index (χ2n) is 6.86. The number of anilines is 1. The number of fused-ring (bicyclic) bond motifs is 1. The maximum atomic E-state index is 14.7. The van der Waals surface area contributed by atoms with Crippen molar-refractivity contribution in [3.63, 3.8) is 0 Å². The summed E-state index contributed by atoms with van der Waals surface area (Å²) in [6.07, 6.45) is 3.39. The van der Waals surface area contributed by atoms with Crippen molar-refractivity contribution in [1.29, 1.82) is 0 Å². The van der Waals surface area contributed by atoms with Crippen LogP contribution in [0.25, 0.3) is 11.0 Å². The van der Waals surface area contributed by atoms with E-state index in [4.69, 9.17) is 11.6 Å². The van der Waals surface area contributed by atoms with Gasteiger partial charge < -0.3 is 5.32 Å². The molecule has 156 valence electrons. The molecule has 1 saturated heterocycles. The normalized spacial score (nSPS) is 19.1. The number of H-pyrrole nitrogens is 1. The Morgan fingerprint density at radius 2 is 2.14 bits per heavy atom. The Morgan fingerprint density at radius 3 is 2.90 bits per heavy atom. The summed E-state index contributed by atoms with van der Waals surface area (Å²) >= 11 is 5.74. The summed E-state index contributed by atoms with van der Waals surface area (Å²) in [6, 6.07) is 3.38. The summed E-state index contributed by atoms with van der Waals surface area (Å²) in [5.74, 6) is -3.04. The standard InChI is InChI=1S/C18H18ClF3N6.ClH/c19-12-2-1-11(14(20)7-12)3-5-28-6-4-15(18(21,22)9-28)26-16-13-8-25-27-17(13)24-10-23-16;/h1-2,7-8,10,15H,3-6,9H2,(H2,23,24,25,26,27);1H/t15-;/m1./s1. The van der Waals surface area contributed by atoms with Crippen LogP contribution in [0.2, 0.25) is 5.02 Å². The number of hydrogen-bond acceptors (Lipinski definition) is 5. The Labute approximate surface area is 176 Å². The summed E-state index contributed by atoms with van der Waals surface area (Å²) in [4.78, 5) is 9.73. The van der Waals surface area contributed by atoms with Crippen LogP contribution in [0.4, 0.5) is 19.0 Å². The zero-order valence-corrected chi connectivity index (χ0v) is 16.8. The Balaban J connectivity index is 0.00000240. The van der Waals surface area contributed by atoms with E-state index >= 15 is 0 Å². The fourth-order valence-corrected chi connectivity index (χ4v) is 3.59. The van der Waals surface area contributed by atoms with Gasteiger partial charge in [0.15, 0.2) is 5.65 Å². The van der Waals surface area contributed by atoms with Crippen LogP contribution in [0.15, 0.2) is 30.7 Å². The third-order valence-electron chi connectivity index (χ3n) is 4.95. The minimum absolute atomic E-state index is 0. The van der Waals surface area contributed by atoms with E-state index in [-0.39, 0.29) is 18.8 Å². The van der Waals surface area contributed by atoms with Gasteiger partial charge in [-0.3, -0.25) is 10.00 Å². The molecule has 1 atom stereocenters. The quantitative estimate of drug-likeness (QED) is 0.621. The van der Waals surface area contributed by atoms with Gasteiger partial charge in [-0.05, 0) is 30.5 Å². The molecule has 2 aromatic heterocycles. The number of alkyl halides is 2. The first kappa shape index (κ1) is 21.6. The summed E-state index contributed by atoms with van der Waals surface area (Å²) in [6.45, 7) is 0.419. The fraction of sp³-hybridized carbons (Fsp3) is 0.389. The van der Waals surface area contributed by atoms with Gasteiger partial charge in [0.25, 0.3) is 5.92 Å². The highest BCUT2D eigenvalue weighted by Gasteiger charge is 2.44. The van der Waals surface area contributed by atoms with Gasteiger partial charge in [0.2, 0.25) is 0 Å². The number of likely N-dealkylation sites (tertiary alicyclic amines) is 1. The number of rotatable bonds is 5. The smallest absolute Gasteiger partial charge is 0.280 e. The van der Waals surface area contributed by atoms with Crippen molar-refractivity contribution in [3.8, 4) is 0 Å². The van der Waals surface area contributed by atoms with E-state index in [2.05, 4.69) is 25.5 Å². The first-order chi connectivity index (χ1) is 13.4. The highest BCUT2D eigenvalue weighted by Crippen LogP contribution is 2.31.